The lowest BCUT2D eigenvalue weighted by atomic mass is 10.2. The van der Waals surface area contributed by atoms with Crippen molar-refractivity contribution in [2.45, 2.75) is 43.5 Å². The number of sulfonamides is 1. The molecule has 1 saturated carbocycles. The van der Waals surface area contributed by atoms with Gasteiger partial charge in [-0.05, 0) is 32.8 Å². The first kappa shape index (κ1) is 21.6. The van der Waals surface area contributed by atoms with Crippen LogP contribution in [0, 0.1) is 6.92 Å². The zero-order chi connectivity index (χ0) is 22.7. The monoisotopic (exact) mass is 484 g/mol. The quantitative estimate of drug-likeness (QED) is 0.574. The van der Waals surface area contributed by atoms with Crippen LogP contribution >= 0.6 is 11.3 Å². The van der Waals surface area contributed by atoms with E-state index in [0.717, 1.165) is 24.2 Å². The molecule has 9 nitrogen and oxygen atoms in total. The van der Waals surface area contributed by atoms with E-state index in [9.17, 15) is 17.2 Å². The topological polar surface area (TPSA) is 102 Å². The Labute approximate surface area is 187 Å². The molecule has 32 heavy (non-hydrogen) atoms. The third kappa shape index (κ3) is 3.87. The minimum absolute atomic E-state index is 0.0804. The Morgan fingerprint density at radius 3 is 2.59 bits per heavy atom. The first-order chi connectivity index (χ1) is 15.2. The van der Waals surface area contributed by atoms with Crippen LogP contribution in [0.25, 0.3) is 16.3 Å². The lowest BCUT2D eigenvalue weighted by Gasteiger charge is -2.30. The standard InChI is InChI=1S/C19H22F2N6O3S2/c1-11-14-13(26-5-7-30-8-6-26)9-12(32(28,29)25-19(2)3-4-19)10-27(14)16(22-11)18-24-23-17(31-18)15(20)21/h9-10,15,25H,3-8H2,1-2H3. The number of anilines is 1. The molecule has 1 aliphatic carbocycles. The fraction of sp³-hybridized carbons (Fsp3) is 0.526. The largest absolute Gasteiger partial charge is 0.378 e. The highest BCUT2D eigenvalue weighted by Crippen LogP contribution is 2.38. The molecule has 0 spiro atoms. The van der Waals surface area contributed by atoms with Crippen LogP contribution in [0.2, 0.25) is 0 Å². The Morgan fingerprint density at radius 1 is 1.25 bits per heavy atom. The van der Waals surface area contributed by atoms with E-state index in [0.29, 0.717) is 43.2 Å². The number of halogens is 2. The van der Waals surface area contributed by atoms with Gasteiger partial charge in [-0.3, -0.25) is 4.40 Å². The van der Waals surface area contributed by atoms with E-state index in [4.69, 9.17) is 4.74 Å². The second kappa shape index (κ2) is 7.68. The molecular formula is C19H22F2N6O3S2. The molecule has 3 aromatic rings. The Hall–Kier alpha value is -2.22. The van der Waals surface area contributed by atoms with Crippen LogP contribution in [-0.4, -0.2) is 59.8 Å². The summed E-state index contributed by atoms with van der Waals surface area (Å²) in [6.07, 6.45) is 0.298. The summed E-state index contributed by atoms with van der Waals surface area (Å²) >= 11 is 0.743. The maximum absolute atomic E-state index is 13.2. The van der Waals surface area contributed by atoms with E-state index >= 15 is 0 Å². The molecule has 172 valence electrons. The highest BCUT2D eigenvalue weighted by molar-refractivity contribution is 7.89. The van der Waals surface area contributed by atoms with Crippen molar-refractivity contribution in [2.75, 3.05) is 31.2 Å². The van der Waals surface area contributed by atoms with Gasteiger partial charge in [0.2, 0.25) is 10.0 Å². The van der Waals surface area contributed by atoms with E-state index in [2.05, 4.69) is 24.8 Å². The maximum atomic E-state index is 13.2. The number of pyridine rings is 1. The van der Waals surface area contributed by atoms with Crippen molar-refractivity contribution in [1.29, 1.82) is 0 Å². The van der Waals surface area contributed by atoms with Crippen molar-refractivity contribution in [3.63, 3.8) is 0 Å². The van der Waals surface area contributed by atoms with Gasteiger partial charge in [-0.2, -0.15) is 0 Å². The lowest BCUT2D eigenvalue weighted by Crippen LogP contribution is -2.37. The SMILES string of the molecule is Cc1nc(-c2nnc(C(F)F)s2)n2cc(S(=O)(=O)NC3(C)CC3)cc(N3CCOCC3)c12. The molecule has 1 aliphatic heterocycles. The molecule has 0 bridgehead atoms. The van der Waals surface area contributed by atoms with Crippen LogP contribution in [0.1, 0.15) is 36.9 Å². The van der Waals surface area contributed by atoms with E-state index in [1.54, 1.807) is 17.4 Å². The summed E-state index contributed by atoms with van der Waals surface area (Å²) in [6.45, 7) is 5.90. The third-order valence-corrected chi connectivity index (χ3v) is 8.26. The normalized spacial score (nSPS) is 18.6. The molecule has 4 heterocycles. The third-order valence-electron chi connectivity index (χ3n) is 5.72. The molecule has 0 aromatic carbocycles. The summed E-state index contributed by atoms with van der Waals surface area (Å²) in [4.78, 5) is 6.69. The number of nitrogens with zero attached hydrogens (tertiary/aromatic N) is 5. The average molecular weight is 485 g/mol. The Balaban J connectivity index is 1.70. The second-order valence-corrected chi connectivity index (χ2v) is 11.0. The maximum Gasteiger partial charge on any atom is 0.291 e. The zero-order valence-electron chi connectivity index (χ0n) is 17.5. The smallest absolute Gasteiger partial charge is 0.291 e. The van der Waals surface area contributed by atoms with Gasteiger partial charge >= 0.3 is 0 Å². The molecule has 2 fully saturated rings. The van der Waals surface area contributed by atoms with Crippen LogP contribution in [0.4, 0.5) is 14.5 Å². The van der Waals surface area contributed by atoms with Crippen molar-refractivity contribution < 1.29 is 21.9 Å². The van der Waals surface area contributed by atoms with Gasteiger partial charge in [0, 0.05) is 24.8 Å². The highest BCUT2D eigenvalue weighted by Gasteiger charge is 2.41. The van der Waals surface area contributed by atoms with Crippen LogP contribution in [0.5, 0.6) is 0 Å². The summed E-state index contributed by atoms with van der Waals surface area (Å²) in [5, 5.41) is 7.23. The van der Waals surface area contributed by atoms with Crippen LogP contribution in [-0.2, 0) is 14.8 Å². The summed E-state index contributed by atoms with van der Waals surface area (Å²) in [5.41, 5.74) is 1.60. The first-order valence-corrected chi connectivity index (χ1v) is 12.5. The predicted octanol–water partition coefficient (Wildman–Crippen LogP) is 2.77. The van der Waals surface area contributed by atoms with Crippen molar-refractivity contribution in [1.82, 2.24) is 24.3 Å². The van der Waals surface area contributed by atoms with E-state index < -0.39 is 27.0 Å². The van der Waals surface area contributed by atoms with Gasteiger partial charge in [0.15, 0.2) is 15.8 Å². The zero-order valence-corrected chi connectivity index (χ0v) is 19.1. The second-order valence-electron chi connectivity index (χ2n) is 8.31. The van der Waals surface area contributed by atoms with Crippen molar-refractivity contribution in [3.8, 4) is 10.8 Å². The van der Waals surface area contributed by atoms with Gasteiger partial charge in [-0.1, -0.05) is 11.3 Å². The average Bonchev–Trinajstić information content (AvgIpc) is 3.15. The Morgan fingerprint density at radius 2 is 1.97 bits per heavy atom. The van der Waals surface area contributed by atoms with Gasteiger partial charge in [-0.25, -0.2) is 26.9 Å². The number of rotatable bonds is 6. The summed E-state index contributed by atoms with van der Waals surface area (Å²) in [5.74, 6) is 0.283. The highest BCUT2D eigenvalue weighted by atomic mass is 32.2. The number of aryl methyl sites for hydroxylation is 1. The molecule has 2 aliphatic rings. The van der Waals surface area contributed by atoms with Gasteiger partial charge in [0.25, 0.3) is 6.43 Å². The van der Waals surface area contributed by atoms with Crippen LogP contribution in [0.3, 0.4) is 0 Å². The molecule has 0 atom stereocenters. The molecule has 0 radical (unpaired) electrons. The predicted molar refractivity (Wildman–Crippen MR) is 115 cm³/mol. The molecule has 5 rings (SSSR count). The van der Waals surface area contributed by atoms with Gasteiger partial charge in [0.05, 0.1) is 30.1 Å². The molecule has 0 unspecified atom stereocenters. The number of hydrogen-bond acceptors (Lipinski definition) is 8. The Bertz CT molecular complexity index is 1280. The number of imidazole rings is 1. The van der Waals surface area contributed by atoms with Crippen molar-refractivity contribution >= 4 is 32.6 Å². The molecular weight excluding hydrogens is 462 g/mol. The van der Waals surface area contributed by atoms with E-state index in [1.807, 2.05) is 6.92 Å². The lowest BCUT2D eigenvalue weighted by molar-refractivity contribution is 0.123. The van der Waals surface area contributed by atoms with Crippen molar-refractivity contribution in [3.05, 3.63) is 23.0 Å². The number of ether oxygens (including phenoxy) is 1. The van der Waals surface area contributed by atoms with E-state index in [-0.39, 0.29) is 15.7 Å². The molecule has 13 heteroatoms. The summed E-state index contributed by atoms with van der Waals surface area (Å²) in [6, 6.07) is 1.65. The molecule has 0 amide bonds. The minimum atomic E-state index is -3.82. The number of morpholine rings is 1. The summed E-state index contributed by atoms with van der Waals surface area (Å²) in [7, 11) is -3.82. The Kier molecular flexibility index (Phi) is 5.19. The van der Waals surface area contributed by atoms with Crippen LogP contribution < -0.4 is 9.62 Å². The van der Waals surface area contributed by atoms with Gasteiger partial charge < -0.3 is 9.64 Å². The number of alkyl halides is 2. The van der Waals surface area contributed by atoms with Crippen LogP contribution in [0.15, 0.2) is 17.2 Å². The summed E-state index contributed by atoms with van der Waals surface area (Å²) < 4.78 is 62.4. The fourth-order valence-electron chi connectivity index (χ4n) is 3.78. The number of hydrogen-bond donors (Lipinski definition) is 1. The first-order valence-electron chi connectivity index (χ1n) is 10.2. The van der Waals surface area contributed by atoms with Gasteiger partial charge in [-0.15, -0.1) is 10.2 Å². The molecule has 1 N–H and O–H groups in total. The number of fused-ring (bicyclic) bond motifs is 1. The molecule has 3 aromatic heterocycles. The molecule has 1 saturated heterocycles. The van der Waals surface area contributed by atoms with Gasteiger partial charge in [0.1, 0.15) is 4.90 Å². The van der Waals surface area contributed by atoms with E-state index in [1.165, 1.54) is 6.20 Å². The number of nitrogens with one attached hydrogen (secondary N) is 1. The number of aromatic nitrogens is 4. The van der Waals surface area contributed by atoms with Crippen molar-refractivity contribution in [2.24, 2.45) is 0 Å². The fourth-order valence-corrected chi connectivity index (χ4v) is 5.94. The minimum Gasteiger partial charge on any atom is -0.378 e.